The molecule has 0 aliphatic rings. The van der Waals surface area contributed by atoms with Crippen molar-refractivity contribution in [1.82, 2.24) is 4.98 Å². The molecule has 0 aromatic carbocycles. The molecule has 100 valence electrons. The van der Waals surface area contributed by atoms with E-state index >= 15 is 0 Å². The number of nitrogens with one attached hydrogen (secondary N) is 1. The number of carbonyl (C=O) groups is 1. The molecule has 0 saturated carbocycles. The zero-order chi connectivity index (χ0) is 14.1. The molecule has 1 rings (SSSR count). The molecule has 18 heavy (non-hydrogen) atoms. The number of nitrogens with zero attached hydrogens (tertiary/aromatic N) is 1. The predicted octanol–water partition coefficient (Wildman–Crippen LogP) is 3.26. The summed E-state index contributed by atoms with van der Waals surface area (Å²) in [6, 6.07) is 3.79. The number of hydrogen-bond donors (Lipinski definition) is 1. The van der Waals surface area contributed by atoms with Crippen molar-refractivity contribution in [2.45, 2.75) is 40.4 Å². The molecule has 0 spiro atoms. The van der Waals surface area contributed by atoms with E-state index in [2.05, 4.69) is 29.9 Å². The van der Waals surface area contributed by atoms with Crippen LogP contribution in [0.3, 0.4) is 0 Å². The van der Waals surface area contributed by atoms with E-state index < -0.39 is 13.5 Å². The first-order chi connectivity index (χ1) is 8.01. The van der Waals surface area contributed by atoms with Crippen molar-refractivity contribution < 1.29 is 4.79 Å². The minimum Gasteiger partial charge on any atom is -0.323 e. The summed E-state index contributed by atoms with van der Waals surface area (Å²) >= 11 is 6.13. The summed E-state index contributed by atoms with van der Waals surface area (Å²) in [5.74, 6) is -0.0630. The molecular weight excluding hydrogens is 264 g/mol. The number of amides is 1. The fourth-order valence-electron chi connectivity index (χ4n) is 1.26. The third-order valence-electron chi connectivity index (χ3n) is 2.55. The van der Waals surface area contributed by atoms with Gasteiger partial charge in [0, 0.05) is 10.7 Å². The van der Waals surface area contributed by atoms with Crippen LogP contribution in [0.15, 0.2) is 12.1 Å². The Morgan fingerprint density at radius 2 is 1.83 bits per heavy atom. The Bertz CT molecular complexity index is 461. The van der Waals surface area contributed by atoms with Crippen LogP contribution in [0.1, 0.15) is 20.8 Å². The summed E-state index contributed by atoms with van der Waals surface area (Å²) in [6.45, 7) is 12.2. The standard InChI is InChI=1S/C13H21ClN2OSi/c1-13(2,3)12(17)15-9-7-8-10(16-11(9)14)18(4,5)6/h7-8H,1-6H3,(H,15,17). The lowest BCUT2D eigenvalue weighted by molar-refractivity contribution is -0.123. The van der Waals surface area contributed by atoms with Crippen molar-refractivity contribution in [3.63, 3.8) is 0 Å². The smallest absolute Gasteiger partial charge is 0.229 e. The van der Waals surface area contributed by atoms with Gasteiger partial charge in [-0.25, -0.2) is 4.98 Å². The fourth-order valence-corrected chi connectivity index (χ4v) is 2.56. The second kappa shape index (κ2) is 5.01. The molecule has 0 unspecified atom stereocenters. The highest BCUT2D eigenvalue weighted by molar-refractivity contribution is 6.88. The number of halogens is 1. The van der Waals surface area contributed by atoms with Crippen LogP contribution in [-0.2, 0) is 4.79 Å². The van der Waals surface area contributed by atoms with Crippen molar-refractivity contribution in [1.29, 1.82) is 0 Å². The van der Waals surface area contributed by atoms with E-state index in [0.29, 0.717) is 10.8 Å². The van der Waals surface area contributed by atoms with Crippen LogP contribution in [-0.4, -0.2) is 19.0 Å². The first-order valence-electron chi connectivity index (χ1n) is 6.00. The summed E-state index contributed by atoms with van der Waals surface area (Å²) in [5.41, 5.74) is 0.138. The summed E-state index contributed by atoms with van der Waals surface area (Å²) in [7, 11) is -1.47. The van der Waals surface area contributed by atoms with Gasteiger partial charge in [0.1, 0.15) is 8.07 Å². The van der Waals surface area contributed by atoms with Gasteiger partial charge in [-0.05, 0) is 12.1 Å². The van der Waals surface area contributed by atoms with Crippen LogP contribution in [0.2, 0.25) is 24.8 Å². The van der Waals surface area contributed by atoms with Crippen LogP contribution >= 0.6 is 11.6 Å². The second-order valence-corrected chi connectivity index (χ2v) is 11.9. The van der Waals surface area contributed by atoms with E-state index in [1.54, 1.807) is 0 Å². The highest BCUT2D eigenvalue weighted by atomic mass is 35.5. The van der Waals surface area contributed by atoms with Crippen LogP contribution in [0, 0.1) is 5.41 Å². The van der Waals surface area contributed by atoms with Gasteiger partial charge in [-0.2, -0.15) is 0 Å². The van der Waals surface area contributed by atoms with Crippen LogP contribution in [0.4, 0.5) is 5.69 Å². The minimum atomic E-state index is -1.47. The highest BCUT2D eigenvalue weighted by Gasteiger charge is 2.23. The number of aromatic nitrogens is 1. The first-order valence-corrected chi connectivity index (χ1v) is 9.88. The molecule has 1 N–H and O–H groups in total. The first kappa shape index (κ1) is 15.2. The minimum absolute atomic E-state index is 0.0630. The second-order valence-electron chi connectivity index (χ2n) is 6.49. The Balaban J connectivity index is 2.98. The van der Waals surface area contributed by atoms with Gasteiger partial charge in [-0.3, -0.25) is 4.79 Å². The van der Waals surface area contributed by atoms with Gasteiger partial charge in [-0.1, -0.05) is 52.0 Å². The fraction of sp³-hybridized carbons (Fsp3) is 0.538. The Morgan fingerprint density at radius 3 is 2.22 bits per heavy atom. The van der Waals surface area contributed by atoms with E-state index in [1.165, 1.54) is 0 Å². The largest absolute Gasteiger partial charge is 0.323 e. The Hall–Kier alpha value is -0.873. The van der Waals surface area contributed by atoms with Gasteiger partial charge in [0.25, 0.3) is 0 Å². The number of anilines is 1. The van der Waals surface area contributed by atoms with E-state index in [9.17, 15) is 4.79 Å². The quantitative estimate of drug-likeness (QED) is 0.669. The SMILES string of the molecule is CC(C)(C)C(=O)Nc1ccc([Si](C)(C)C)nc1Cl. The third kappa shape index (κ3) is 3.82. The summed E-state index contributed by atoms with van der Waals surface area (Å²) in [6.07, 6.45) is 0. The number of hydrogen-bond acceptors (Lipinski definition) is 2. The molecule has 1 heterocycles. The average Bonchev–Trinajstić information content (AvgIpc) is 2.17. The van der Waals surface area contributed by atoms with E-state index in [-0.39, 0.29) is 5.91 Å². The maximum Gasteiger partial charge on any atom is 0.229 e. The maximum absolute atomic E-state index is 11.9. The number of carbonyl (C=O) groups excluding carboxylic acids is 1. The zero-order valence-corrected chi connectivity index (χ0v) is 13.6. The molecule has 1 amide bonds. The van der Waals surface area contributed by atoms with E-state index in [4.69, 9.17) is 11.6 Å². The molecule has 3 nitrogen and oxygen atoms in total. The molecule has 0 aliphatic heterocycles. The molecule has 0 fully saturated rings. The number of pyridine rings is 1. The van der Waals surface area contributed by atoms with Crippen molar-refractivity contribution >= 4 is 36.6 Å². The zero-order valence-electron chi connectivity index (χ0n) is 11.9. The van der Waals surface area contributed by atoms with Gasteiger partial charge >= 0.3 is 0 Å². The molecular formula is C13H21ClN2OSi. The molecule has 0 bridgehead atoms. The van der Waals surface area contributed by atoms with E-state index in [1.807, 2.05) is 32.9 Å². The maximum atomic E-state index is 11.9. The van der Waals surface area contributed by atoms with E-state index in [0.717, 1.165) is 5.32 Å². The lowest BCUT2D eigenvalue weighted by Gasteiger charge is -2.20. The molecule has 0 aliphatic carbocycles. The van der Waals surface area contributed by atoms with Gasteiger partial charge < -0.3 is 5.32 Å². The van der Waals surface area contributed by atoms with Gasteiger partial charge in [0.2, 0.25) is 5.91 Å². The topological polar surface area (TPSA) is 42.0 Å². The normalized spacial score (nSPS) is 12.4. The highest BCUT2D eigenvalue weighted by Crippen LogP contribution is 2.22. The lowest BCUT2D eigenvalue weighted by Crippen LogP contribution is -2.40. The lowest BCUT2D eigenvalue weighted by atomic mass is 9.96. The van der Waals surface area contributed by atoms with Crippen LogP contribution in [0.25, 0.3) is 0 Å². The van der Waals surface area contributed by atoms with Crippen molar-refractivity contribution in [2.24, 2.45) is 5.41 Å². The summed E-state index contributed by atoms with van der Waals surface area (Å²) < 4.78 is 0. The molecule has 5 heteroatoms. The molecule has 1 aromatic heterocycles. The van der Waals surface area contributed by atoms with Crippen molar-refractivity contribution in [3.8, 4) is 0 Å². The predicted molar refractivity (Wildman–Crippen MR) is 80.3 cm³/mol. The third-order valence-corrected chi connectivity index (χ3v) is 4.65. The Labute approximate surface area is 115 Å². The van der Waals surface area contributed by atoms with Gasteiger partial charge in [0.15, 0.2) is 5.15 Å². The van der Waals surface area contributed by atoms with Crippen molar-refractivity contribution in [2.75, 3.05) is 5.32 Å². The average molecular weight is 285 g/mol. The molecule has 0 atom stereocenters. The van der Waals surface area contributed by atoms with Crippen LogP contribution in [0.5, 0.6) is 0 Å². The van der Waals surface area contributed by atoms with Gasteiger partial charge in [-0.15, -0.1) is 0 Å². The molecule has 0 saturated heterocycles. The van der Waals surface area contributed by atoms with Crippen molar-refractivity contribution in [3.05, 3.63) is 17.3 Å². The molecule has 0 radical (unpaired) electrons. The monoisotopic (exact) mass is 284 g/mol. The summed E-state index contributed by atoms with van der Waals surface area (Å²) in [4.78, 5) is 16.3. The summed E-state index contributed by atoms with van der Waals surface area (Å²) in [5, 5.41) is 4.22. The van der Waals surface area contributed by atoms with Gasteiger partial charge in [0.05, 0.1) is 5.69 Å². The van der Waals surface area contributed by atoms with Crippen LogP contribution < -0.4 is 10.6 Å². The Kier molecular flexibility index (Phi) is 4.23. The molecule has 1 aromatic rings. The Morgan fingerprint density at radius 1 is 1.28 bits per heavy atom. The number of rotatable bonds is 2.